The highest BCUT2D eigenvalue weighted by molar-refractivity contribution is 7.84. The molecule has 1 unspecified atom stereocenters. The highest BCUT2D eigenvalue weighted by Crippen LogP contribution is 2.20. The third-order valence-electron chi connectivity index (χ3n) is 2.55. The third-order valence-corrected chi connectivity index (χ3v) is 3.92. The van der Waals surface area contributed by atoms with Crippen LogP contribution < -0.4 is 0 Å². The van der Waals surface area contributed by atoms with Crippen molar-refractivity contribution in [1.82, 2.24) is 0 Å². The van der Waals surface area contributed by atoms with Crippen LogP contribution in [0.3, 0.4) is 0 Å². The lowest BCUT2D eigenvalue weighted by atomic mass is 10.2. The van der Waals surface area contributed by atoms with Crippen molar-refractivity contribution in [3.05, 3.63) is 53.2 Å². The molecule has 0 bridgehead atoms. The maximum absolute atomic E-state index is 13.4. The van der Waals surface area contributed by atoms with Gasteiger partial charge in [0.25, 0.3) is 0 Å². The molecule has 1 aromatic heterocycles. The molecule has 1 N–H and O–H groups in total. The van der Waals surface area contributed by atoms with Crippen molar-refractivity contribution in [2.24, 2.45) is 0 Å². The molecule has 0 aliphatic rings. The number of hydrogen-bond acceptors (Lipinski definition) is 3. The van der Waals surface area contributed by atoms with Crippen LogP contribution in [0.4, 0.5) is 4.39 Å². The summed E-state index contributed by atoms with van der Waals surface area (Å²) < 4.78 is 30.6. The molecule has 0 aliphatic carbocycles. The summed E-state index contributed by atoms with van der Waals surface area (Å²) in [6, 6.07) is 7.07. The zero-order valence-electron chi connectivity index (χ0n) is 10.1. The predicted octanol–water partition coefficient (Wildman–Crippen LogP) is 2.73. The van der Waals surface area contributed by atoms with Crippen LogP contribution in [-0.2, 0) is 16.6 Å². The molecule has 0 saturated heterocycles. The van der Waals surface area contributed by atoms with Gasteiger partial charge in [0.05, 0.1) is 21.4 Å². The summed E-state index contributed by atoms with van der Waals surface area (Å²) in [5, 5.41) is 8.88. The molecule has 100 valence electrons. The fourth-order valence-corrected chi connectivity index (χ4v) is 2.74. The fourth-order valence-electron chi connectivity index (χ4n) is 1.66. The fraction of sp³-hybridized carbons (Fsp3) is 0.154. The standard InChI is InChI=1S/C13H11FO4S/c1-8-10(13(15)16)6-9(18-8)7-19(17)12-5-3-2-4-11(12)14/h2-6H,7H2,1H3,(H,15,16). The largest absolute Gasteiger partial charge is 0.478 e. The second kappa shape index (κ2) is 5.36. The topological polar surface area (TPSA) is 67.5 Å². The summed E-state index contributed by atoms with van der Waals surface area (Å²) in [5.41, 5.74) is 0.0283. The second-order valence-electron chi connectivity index (χ2n) is 3.91. The number of carboxylic acids is 1. The lowest BCUT2D eigenvalue weighted by Gasteiger charge is -2.01. The molecule has 1 aromatic carbocycles. The summed E-state index contributed by atoms with van der Waals surface area (Å²) in [7, 11) is -1.62. The van der Waals surface area contributed by atoms with Gasteiger partial charge in [-0.1, -0.05) is 12.1 Å². The summed E-state index contributed by atoms with van der Waals surface area (Å²) in [4.78, 5) is 10.9. The Kier molecular flexibility index (Phi) is 3.80. The molecule has 6 heteroatoms. The van der Waals surface area contributed by atoms with Crippen molar-refractivity contribution in [3.63, 3.8) is 0 Å². The van der Waals surface area contributed by atoms with E-state index in [-0.39, 0.29) is 27.7 Å². The normalized spacial score (nSPS) is 12.3. The molecular weight excluding hydrogens is 271 g/mol. The van der Waals surface area contributed by atoms with Gasteiger partial charge in [-0.05, 0) is 25.1 Å². The number of carboxylic acid groups (broad SMARTS) is 1. The lowest BCUT2D eigenvalue weighted by molar-refractivity contribution is 0.0695. The average molecular weight is 282 g/mol. The van der Waals surface area contributed by atoms with E-state index < -0.39 is 22.6 Å². The number of benzene rings is 1. The Bertz CT molecular complexity index is 648. The Balaban J connectivity index is 2.22. The van der Waals surface area contributed by atoms with E-state index in [2.05, 4.69) is 0 Å². The predicted molar refractivity (Wildman–Crippen MR) is 66.9 cm³/mol. The van der Waals surface area contributed by atoms with Gasteiger partial charge < -0.3 is 9.52 Å². The summed E-state index contributed by atoms with van der Waals surface area (Å²) >= 11 is 0. The van der Waals surface area contributed by atoms with Crippen LogP contribution in [-0.4, -0.2) is 15.3 Å². The highest BCUT2D eigenvalue weighted by Gasteiger charge is 2.17. The van der Waals surface area contributed by atoms with Gasteiger partial charge in [-0.3, -0.25) is 4.21 Å². The molecule has 0 saturated carbocycles. The van der Waals surface area contributed by atoms with Crippen LogP contribution in [0.1, 0.15) is 21.9 Å². The number of rotatable bonds is 4. The van der Waals surface area contributed by atoms with Crippen LogP contribution in [0.15, 0.2) is 39.6 Å². The van der Waals surface area contributed by atoms with Crippen LogP contribution in [0.5, 0.6) is 0 Å². The molecule has 0 amide bonds. The van der Waals surface area contributed by atoms with Gasteiger partial charge in [0, 0.05) is 0 Å². The van der Waals surface area contributed by atoms with Crippen LogP contribution >= 0.6 is 0 Å². The molecule has 0 spiro atoms. The van der Waals surface area contributed by atoms with Gasteiger partial charge in [-0.2, -0.15) is 0 Å². The molecule has 1 heterocycles. The van der Waals surface area contributed by atoms with E-state index in [9.17, 15) is 13.4 Å². The highest BCUT2D eigenvalue weighted by atomic mass is 32.2. The Morgan fingerprint density at radius 3 is 2.68 bits per heavy atom. The van der Waals surface area contributed by atoms with Crippen molar-refractivity contribution in [3.8, 4) is 0 Å². The molecular formula is C13H11FO4S. The van der Waals surface area contributed by atoms with Crippen molar-refractivity contribution in [2.45, 2.75) is 17.6 Å². The van der Waals surface area contributed by atoms with E-state index in [1.807, 2.05) is 0 Å². The monoisotopic (exact) mass is 282 g/mol. The Hall–Kier alpha value is -1.95. The van der Waals surface area contributed by atoms with Gasteiger partial charge in [-0.25, -0.2) is 9.18 Å². The minimum absolute atomic E-state index is 0.0283. The summed E-state index contributed by atoms with van der Waals surface area (Å²) in [6.07, 6.45) is 0. The number of aryl methyl sites for hydroxylation is 1. The average Bonchev–Trinajstić information content (AvgIpc) is 2.70. The number of furan rings is 1. The van der Waals surface area contributed by atoms with E-state index in [0.29, 0.717) is 0 Å². The summed E-state index contributed by atoms with van der Waals surface area (Å²) in [5.74, 6) is -1.22. The van der Waals surface area contributed by atoms with E-state index in [1.165, 1.54) is 31.2 Å². The maximum Gasteiger partial charge on any atom is 0.339 e. The molecule has 19 heavy (non-hydrogen) atoms. The Labute approximate surface area is 111 Å². The third kappa shape index (κ3) is 2.90. The van der Waals surface area contributed by atoms with E-state index >= 15 is 0 Å². The molecule has 2 rings (SSSR count). The van der Waals surface area contributed by atoms with Gasteiger partial charge in [0.1, 0.15) is 22.9 Å². The van der Waals surface area contributed by atoms with E-state index in [4.69, 9.17) is 9.52 Å². The molecule has 0 fully saturated rings. The minimum Gasteiger partial charge on any atom is -0.478 e. The first kappa shape index (κ1) is 13.5. The zero-order valence-corrected chi connectivity index (χ0v) is 10.9. The minimum atomic E-state index is -1.62. The zero-order chi connectivity index (χ0) is 14.0. The second-order valence-corrected chi connectivity index (χ2v) is 5.33. The van der Waals surface area contributed by atoms with E-state index in [0.717, 1.165) is 0 Å². The van der Waals surface area contributed by atoms with Crippen molar-refractivity contribution < 1.29 is 22.9 Å². The number of aromatic carboxylic acids is 1. The quantitative estimate of drug-likeness (QED) is 0.936. The lowest BCUT2D eigenvalue weighted by Crippen LogP contribution is -1.98. The van der Waals surface area contributed by atoms with Gasteiger partial charge in [0.2, 0.25) is 0 Å². The van der Waals surface area contributed by atoms with Crippen molar-refractivity contribution >= 4 is 16.8 Å². The SMILES string of the molecule is Cc1oc(CS(=O)c2ccccc2F)cc1C(=O)O. The maximum atomic E-state index is 13.4. The smallest absolute Gasteiger partial charge is 0.339 e. The van der Waals surface area contributed by atoms with Crippen molar-refractivity contribution in [2.75, 3.05) is 0 Å². The first-order valence-corrected chi connectivity index (χ1v) is 6.76. The van der Waals surface area contributed by atoms with Gasteiger partial charge in [0.15, 0.2) is 0 Å². The Morgan fingerprint density at radius 2 is 2.11 bits per heavy atom. The molecule has 0 aliphatic heterocycles. The number of hydrogen-bond donors (Lipinski definition) is 1. The van der Waals surface area contributed by atoms with E-state index in [1.54, 1.807) is 6.07 Å². The summed E-state index contributed by atoms with van der Waals surface area (Å²) in [6.45, 7) is 1.51. The molecule has 2 aromatic rings. The number of carbonyl (C=O) groups is 1. The van der Waals surface area contributed by atoms with Crippen LogP contribution in [0.25, 0.3) is 0 Å². The molecule has 0 radical (unpaired) electrons. The van der Waals surface area contributed by atoms with Crippen molar-refractivity contribution in [1.29, 1.82) is 0 Å². The first-order chi connectivity index (χ1) is 8.99. The van der Waals surface area contributed by atoms with Gasteiger partial charge >= 0.3 is 5.97 Å². The molecule has 1 atom stereocenters. The van der Waals surface area contributed by atoms with Gasteiger partial charge in [-0.15, -0.1) is 0 Å². The first-order valence-electron chi connectivity index (χ1n) is 5.44. The molecule has 4 nitrogen and oxygen atoms in total. The Morgan fingerprint density at radius 1 is 1.42 bits per heavy atom. The van der Waals surface area contributed by atoms with Crippen LogP contribution in [0.2, 0.25) is 0 Å². The van der Waals surface area contributed by atoms with Crippen LogP contribution in [0, 0.1) is 12.7 Å². The number of halogens is 1.